The van der Waals surface area contributed by atoms with Crippen molar-refractivity contribution in [2.45, 2.75) is 341 Å². The second-order valence-corrected chi connectivity index (χ2v) is 23.0. The van der Waals surface area contributed by atoms with E-state index in [9.17, 15) is 14.4 Å². The quantitative estimate of drug-likeness (QED) is 0.0261. The molecule has 0 heterocycles. The third-order valence-electron chi connectivity index (χ3n) is 15.0. The minimum absolute atomic E-state index is 0.0834. The summed E-state index contributed by atoms with van der Waals surface area (Å²) in [6, 6.07) is 0. The maximum absolute atomic E-state index is 12.9. The van der Waals surface area contributed by atoms with Gasteiger partial charge in [-0.3, -0.25) is 14.4 Å². The van der Waals surface area contributed by atoms with E-state index in [1.165, 1.54) is 167 Å². The molecule has 0 aliphatic carbocycles. The van der Waals surface area contributed by atoms with Gasteiger partial charge in [0.15, 0.2) is 6.10 Å². The molecule has 6 heteroatoms. The van der Waals surface area contributed by atoms with Crippen molar-refractivity contribution < 1.29 is 28.6 Å². The van der Waals surface area contributed by atoms with Crippen LogP contribution in [-0.2, 0) is 28.6 Å². The van der Waals surface area contributed by atoms with E-state index < -0.39 is 6.10 Å². The molecule has 82 heavy (non-hydrogen) atoms. The molecule has 1 unspecified atom stereocenters. The first-order valence-corrected chi connectivity index (χ1v) is 34.9. The fraction of sp³-hybridized carbons (Fsp3) is 0.724. The predicted octanol–water partition coefficient (Wildman–Crippen LogP) is 24.2. The van der Waals surface area contributed by atoms with Crippen LogP contribution in [0.4, 0.5) is 0 Å². The fourth-order valence-electron chi connectivity index (χ4n) is 9.88. The normalized spacial score (nSPS) is 12.8. The lowest BCUT2D eigenvalue weighted by Gasteiger charge is -2.18. The Morgan fingerprint density at radius 1 is 0.256 bits per heavy atom. The van der Waals surface area contributed by atoms with Gasteiger partial charge in [-0.1, -0.05) is 323 Å². The standard InChI is InChI=1S/C76H130O6/c1-4-7-10-13-16-19-22-25-27-29-30-31-32-33-34-35-36-37-38-39-40-41-42-43-44-45-46-48-49-51-54-57-60-63-66-69-75(78)81-72-73(71-80-74(77)68-65-62-59-56-53-24-21-18-15-12-9-6-3)82-76(79)70-67-64-61-58-55-52-50-47-28-26-23-20-17-14-11-8-5-2/h7-8,10-11,16-17,19-20,25-28,30-31,33-34,50,52,73H,4-6,9,12-15,18,21-24,29,32,35-49,51,53-72H2,1-3H3/b10-7-,11-8-,19-16-,20-17-,27-25-,28-26-,31-30-,34-33-,52-50-. The van der Waals surface area contributed by atoms with Gasteiger partial charge < -0.3 is 14.2 Å². The third kappa shape index (κ3) is 66.9. The Hall–Kier alpha value is -3.93. The van der Waals surface area contributed by atoms with E-state index >= 15 is 0 Å². The summed E-state index contributed by atoms with van der Waals surface area (Å²) in [5.74, 6) is -0.893. The van der Waals surface area contributed by atoms with Crippen LogP contribution in [0.1, 0.15) is 335 Å². The van der Waals surface area contributed by atoms with Crippen LogP contribution in [-0.4, -0.2) is 37.2 Å². The van der Waals surface area contributed by atoms with Gasteiger partial charge in [-0.15, -0.1) is 0 Å². The average Bonchev–Trinajstić information content (AvgIpc) is 3.47. The Kier molecular flexibility index (Phi) is 66.2. The van der Waals surface area contributed by atoms with Gasteiger partial charge >= 0.3 is 17.9 Å². The van der Waals surface area contributed by atoms with Crippen LogP contribution in [0.3, 0.4) is 0 Å². The van der Waals surface area contributed by atoms with Crippen LogP contribution in [0.25, 0.3) is 0 Å². The summed E-state index contributed by atoms with van der Waals surface area (Å²) >= 11 is 0. The van der Waals surface area contributed by atoms with Crippen LogP contribution in [0.5, 0.6) is 0 Å². The highest BCUT2D eigenvalue weighted by Gasteiger charge is 2.19. The van der Waals surface area contributed by atoms with Crippen molar-refractivity contribution in [2.75, 3.05) is 13.2 Å². The molecule has 0 aromatic rings. The summed E-state index contributed by atoms with van der Waals surface area (Å²) in [5, 5.41) is 0. The van der Waals surface area contributed by atoms with Crippen LogP contribution in [0.15, 0.2) is 109 Å². The maximum atomic E-state index is 12.9. The highest BCUT2D eigenvalue weighted by molar-refractivity contribution is 5.71. The second kappa shape index (κ2) is 69.6. The van der Waals surface area contributed by atoms with Crippen LogP contribution >= 0.6 is 0 Å². The molecule has 0 aromatic carbocycles. The molecule has 0 N–H and O–H groups in total. The molecule has 0 fully saturated rings. The molecule has 0 radical (unpaired) electrons. The average molecular weight is 1140 g/mol. The molecule has 0 aromatic heterocycles. The molecule has 0 aliphatic rings. The van der Waals surface area contributed by atoms with Crippen molar-refractivity contribution in [3.05, 3.63) is 109 Å². The molecule has 0 saturated carbocycles. The molecule has 0 saturated heterocycles. The number of allylic oxidation sites excluding steroid dienone is 18. The maximum Gasteiger partial charge on any atom is 0.306 e. The summed E-state index contributed by atoms with van der Waals surface area (Å²) in [7, 11) is 0. The summed E-state index contributed by atoms with van der Waals surface area (Å²) in [5.41, 5.74) is 0. The van der Waals surface area contributed by atoms with Gasteiger partial charge in [0.05, 0.1) is 0 Å². The van der Waals surface area contributed by atoms with Gasteiger partial charge in [0.2, 0.25) is 0 Å². The summed E-state index contributed by atoms with van der Waals surface area (Å²) in [6.07, 6.45) is 95.6. The van der Waals surface area contributed by atoms with E-state index in [0.717, 1.165) is 128 Å². The molecular formula is C76H130O6. The molecular weight excluding hydrogens is 1010 g/mol. The van der Waals surface area contributed by atoms with Crippen LogP contribution in [0.2, 0.25) is 0 Å². The zero-order valence-corrected chi connectivity index (χ0v) is 54.0. The van der Waals surface area contributed by atoms with E-state index in [-0.39, 0.29) is 31.1 Å². The molecule has 1 atom stereocenters. The Bertz CT molecular complexity index is 1640. The first kappa shape index (κ1) is 78.1. The number of carbonyl (C=O) groups excluding carboxylic acids is 3. The van der Waals surface area contributed by atoms with Crippen molar-refractivity contribution in [1.29, 1.82) is 0 Å². The minimum Gasteiger partial charge on any atom is -0.462 e. The lowest BCUT2D eigenvalue weighted by molar-refractivity contribution is -0.167. The third-order valence-corrected chi connectivity index (χ3v) is 15.0. The van der Waals surface area contributed by atoms with E-state index in [1.54, 1.807) is 0 Å². The van der Waals surface area contributed by atoms with Gasteiger partial charge in [-0.05, 0) is 103 Å². The van der Waals surface area contributed by atoms with Gasteiger partial charge in [0.25, 0.3) is 0 Å². The number of ether oxygens (including phenoxy) is 3. The van der Waals surface area contributed by atoms with Crippen molar-refractivity contribution in [2.24, 2.45) is 0 Å². The van der Waals surface area contributed by atoms with Gasteiger partial charge in [-0.25, -0.2) is 0 Å². The van der Waals surface area contributed by atoms with Crippen molar-refractivity contribution in [1.82, 2.24) is 0 Å². The summed E-state index contributed by atoms with van der Waals surface area (Å²) in [4.78, 5) is 38.3. The second-order valence-electron chi connectivity index (χ2n) is 23.0. The highest BCUT2D eigenvalue weighted by atomic mass is 16.6. The van der Waals surface area contributed by atoms with Crippen molar-refractivity contribution in [3.63, 3.8) is 0 Å². The van der Waals surface area contributed by atoms with Gasteiger partial charge in [0.1, 0.15) is 13.2 Å². The number of unbranched alkanes of at least 4 members (excludes halogenated alkanes) is 34. The zero-order valence-electron chi connectivity index (χ0n) is 54.0. The Balaban J connectivity index is 4.14. The van der Waals surface area contributed by atoms with E-state index in [0.29, 0.717) is 19.3 Å². The monoisotopic (exact) mass is 1140 g/mol. The molecule has 0 rings (SSSR count). The number of hydrogen-bond donors (Lipinski definition) is 0. The fourth-order valence-corrected chi connectivity index (χ4v) is 9.88. The lowest BCUT2D eigenvalue weighted by atomic mass is 10.0. The Labute approximate surface area is 508 Å². The van der Waals surface area contributed by atoms with Crippen molar-refractivity contribution >= 4 is 17.9 Å². The molecule has 0 amide bonds. The lowest BCUT2D eigenvalue weighted by Crippen LogP contribution is -2.30. The Morgan fingerprint density at radius 3 is 0.744 bits per heavy atom. The van der Waals surface area contributed by atoms with Crippen molar-refractivity contribution in [3.8, 4) is 0 Å². The number of rotatable bonds is 63. The number of hydrogen-bond acceptors (Lipinski definition) is 6. The number of carbonyl (C=O) groups is 3. The summed E-state index contributed by atoms with van der Waals surface area (Å²) in [6.45, 7) is 6.42. The molecule has 0 bridgehead atoms. The molecule has 0 aliphatic heterocycles. The first-order valence-electron chi connectivity index (χ1n) is 34.9. The topological polar surface area (TPSA) is 78.9 Å². The van der Waals surface area contributed by atoms with E-state index in [4.69, 9.17) is 14.2 Å². The summed E-state index contributed by atoms with van der Waals surface area (Å²) < 4.78 is 16.9. The molecule has 0 spiro atoms. The predicted molar refractivity (Wildman–Crippen MR) is 357 cm³/mol. The first-order chi connectivity index (χ1) is 40.5. The largest absolute Gasteiger partial charge is 0.462 e. The smallest absolute Gasteiger partial charge is 0.306 e. The molecule has 6 nitrogen and oxygen atoms in total. The minimum atomic E-state index is -0.789. The van der Waals surface area contributed by atoms with E-state index in [2.05, 4.69) is 130 Å². The zero-order chi connectivity index (χ0) is 59.2. The van der Waals surface area contributed by atoms with Gasteiger partial charge in [0, 0.05) is 19.3 Å². The Morgan fingerprint density at radius 2 is 0.476 bits per heavy atom. The van der Waals surface area contributed by atoms with Crippen LogP contribution < -0.4 is 0 Å². The van der Waals surface area contributed by atoms with Crippen LogP contribution in [0, 0.1) is 0 Å². The molecule has 470 valence electrons. The highest BCUT2D eigenvalue weighted by Crippen LogP contribution is 2.17. The number of esters is 3. The van der Waals surface area contributed by atoms with E-state index in [1.807, 2.05) is 0 Å². The SMILES string of the molecule is CC/C=C\C/C=C\C/C=C\C/C=C\C/C=C\CCCCCCCCCCCCCCCCCCCCCC(=O)OCC(COC(=O)CCCCCCCCCCCCCC)OC(=O)CCCCCC/C=C\C/C=C\C/C=C\C/C=C\CC. The van der Waals surface area contributed by atoms with Gasteiger partial charge in [-0.2, -0.15) is 0 Å².